The Balaban J connectivity index is 1.77. The molecule has 0 unspecified atom stereocenters. The second kappa shape index (κ2) is 11.3. The Morgan fingerprint density at radius 3 is 2.59 bits per heavy atom. The van der Waals surface area contributed by atoms with Crippen molar-refractivity contribution < 1.29 is 27.5 Å². The van der Waals surface area contributed by atoms with Gasteiger partial charge < -0.3 is 20.4 Å². The van der Waals surface area contributed by atoms with Crippen LogP contribution in [0.1, 0.15) is 31.8 Å². The number of ether oxygens (including phenoxy) is 1. The Hall–Kier alpha value is -4.13. The van der Waals surface area contributed by atoms with Crippen LogP contribution >= 0.6 is 11.6 Å². The van der Waals surface area contributed by atoms with Crippen LogP contribution in [-0.4, -0.2) is 42.0 Å². The monoisotopic (exact) mass is 560 g/mol. The number of nitrogens with two attached hydrogens (primary N) is 1. The molecule has 1 aromatic heterocycles. The van der Waals surface area contributed by atoms with E-state index in [1.165, 1.54) is 31.4 Å². The number of aromatic amines is 1. The van der Waals surface area contributed by atoms with E-state index >= 15 is 0 Å². The van der Waals surface area contributed by atoms with Gasteiger partial charge in [0.05, 0.1) is 34.5 Å². The molecule has 1 heterocycles. The zero-order chi connectivity index (χ0) is 28.3. The van der Waals surface area contributed by atoms with Crippen LogP contribution in [0.4, 0.5) is 30.5 Å². The van der Waals surface area contributed by atoms with Crippen LogP contribution in [0.2, 0.25) is 5.02 Å². The summed E-state index contributed by atoms with van der Waals surface area (Å²) in [6.45, 7) is 2.52. The molecular formula is C26H24ClF3N6O3. The summed E-state index contributed by atoms with van der Waals surface area (Å²) in [6, 6.07) is 12.0. The lowest BCUT2D eigenvalue weighted by Gasteiger charge is -2.20. The third-order valence-electron chi connectivity index (χ3n) is 5.89. The molecule has 0 radical (unpaired) electrons. The van der Waals surface area contributed by atoms with Gasteiger partial charge in [-0.15, -0.1) is 0 Å². The van der Waals surface area contributed by atoms with Crippen molar-refractivity contribution in [2.75, 3.05) is 35.9 Å². The SMILES string of the molecule is COCCNc1nc2c(C(=O)Nc3cccc(Cl)c3C)cc(N(N)C(=O)c3ccccc3C(F)(F)F)cc2[nH]1. The highest BCUT2D eigenvalue weighted by Gasteiger charge is 2.36. The van der Waals surface area contributed by atoms with Crippen LogP contribution in [0, 0.1) is 6.92 Å². The van der Waals surface area contributed by atoms with E-state index in [1.54, 1.807) is 25.1 Å². The van der Waals surface area contributed by atoms with Gasteiger partial charge in [-0.2, -0.15) is 13.2 Å². The van der Waals surface area contributed by atoms with Crippen LogP contribution in [0.15, 0.2) is 54.6 Å². The number of hydrogen-bond donors (Lipinski definition) is 4. The van der Waals surface area contributed by atoms with Crippen LogP contribution in [0.3, 0.4) is 0 Å². The molecule has 0 aliphatic rings. The van der Waals surface area contributed by atoms with Crippen molar-refractivity contribution in [2.24, 2.45) is 5.84 Å². The summed E-state index contributed by atoms with van der Waals surface area (Å²) in [5.74, 6) is 4.64. The molecule has 2 amide bonds. The number of rotatable bonds is 8. The first-order chi connectivity index (χ1) is 18.5. The quantitative estimate of drug-likeness (QED) is 0.0993. The molecule has 4 rings (SSSR count). The fourth-order valence-electron chi connectivity index (χ4n) is 3.87. The molecule has 204 valence electrons. The molecule has 0 aliphatic heterocycles. The molecule has 0 fully saturated rings. The summed E-state index contributed by atoms with van der Waals surface area (Å²) in [5, 5.41) is 6.78. The van der Waals surface area contributed by atoms with E-state index in [9.17, 15) is 22.8 Å². The van der Waals surface area contributed by atoms with E-state index < -0.39 is 29.1 Å². The maximum Gasteiger partial charge on any atom is 0.417 e. The molecule has 0 saturated carbocycles. The predicted octanol–water partition coefficient (Wildman–Crippen LogP) is 5.37. The second-order valence-corrected chi connectivity index (χ2v) is 8.89. The van der Waals surface area contributed by atoms with E-state index in [1.807, 2.05) is 0 Å². The predicted molar refractivity (Wildman–Crippen MR) is 143 cm³/mol. The van der Waals surface area contributed by atoms with E-state index in [0.29, 0.717) is 45.9 Å². The van der Waals surface area contributed by atoms with E-state index in [2.05, 4.69) is 20.6 Å². The van der Waals surface area contributed by atoms with E-state index in [-0.39, 0.29) is 16.8 Å². The van der Waals surface area contributed by atoms with Gasteiger partial charge in [0, 0.05) is 24.4 Å². The number of aromatic nitrogens is 2. The van der Waals surface area contributed by atoms with Gasteiger partial charge in [0.15, 0.2) is 0 Å². The van der Waals surface area contributed by atoms with Crippen LogP contribution < -0.4 is 21.5 Å². The number of fused-ring (bicyclic) bond motifs is 1. The summed E-state index contributed by atoms with van der Waals surface area (Å²) in [4.78, 5) is 34.0. The smallest absolute Gasteiger partial charge is 0.383 e. The number of nitrogens with one attached hydrogen (secondary N) is 3. The number of H-pyrrole nitrogens is 1. The third kappa shape index (κ3) is 5.98. The third-order valence-corrected chi connectivity index (χ3v) is 6.30. The lowest BCUT2D eigenvalue weighted by molar-refractivity contribution is -0.137. The van der Waals surface area contributed by atoms with Crippen molar-refractivity contribution in [1.82, 2.24) is 9.97 Å². The Bertz CT molecular complexity index is 1540. The Kier molecular flexibility index (Phi) is 8.09. The maximum atomic E-state index is 13.5. The Morgan fingerprint density at radius 2 is 1.87 bits per heavy atom. The highest BCUT2D eigenvalue weighted by molar-refractivity contribution is 6.31. The van der Waals surface area contributed by atoms with Crippen LogP contribution in [0.25, 0.3) is 11.0 Å². The molecule has 3 aromatic carbocycles. The number of imidazole rings is 1. The summed E-state index contributed by atoms with van der Waals surface area (Å²) in [6.07, 6.45) is -4.77. The highest BCUT2D eigenvalue weighted by Crippen LogP contribution is 2.33. The van der Waals surface area contributed by atoms with Crippen molar-refractivity contribution in [3.63, 3.8) is 0 Å². The minimum absolute atomic E-state index is 0.0188. The summed E-state index contributed by atoms with van der Waals surface area (Å²) in [5.41, 5.74) is -0.162. The first kappa shape index (κ1) is 27.9. The fourth-order valence-corrected chi connectivity index (χ4v) is 4.04. The van der Waals surface area contributed by atoms with Crippen molar-refractivity contribution in [3.05, 3.63) is 81.9 Å². The van der Waals surface area contributed by atoms with Crippen LogP contribution in [-0.2, 0) is 10.9 Å². The number of nitrogens with zero attached hydrogens (tertiary/aromatic N) is 2. The van der Waals surface area contributed by atoms with Gasteiger partial charge in [0.2, 0.25) is 5.95 Å². The molecule has 39 heavy (non-hydrogen) atoms. The molecule has 4 aromatic rings. The molecule has 0 spiro atoms. The Labute approximate surface area is 226 Å². The molecular weight excluding hydrogens is 537 g/mol. The summed E-state index contributed by atoms with van der Waals surface area (Å²) >= 11 is 6.18. The number of alkyl halides is 3. The minimum Gasteiger partial charge on any atom is -0.383 e. The second-order valence-electron chi connectivity index (χ2n) is 8.48. The van der Waals surface area contributed by atoms with Gasteiger partial charge in [-0.3, -0.25) is 9.59 Å². The van der Waals surface area contributed by atoms with Crippen molar-refractivity contribution >= 4 is 51.8 Å². The standard InChI is InChI=1S/C26H24ClF3N6O3/c1-14-19(27)8-5-9-20(14)33-23(37)17-12-15(13-21-22(17)35-25(34-21)32-10-11-39-2)36(31)24(38)16-6-3-4-7-18(16)26(28,29)30/h3-9,12-13H,10-11,31H2,1-2H3,(H,33,37)(H2,32,34,35). The lowest BCUT2D eigenvalue weighted by atomic mass is 10.1. The molecule has 0 aliphatic carbocycles. The van der Waals surface area contributed by atoms with Gasteiger partial charge in [0.25, 0.3) is 11.8 Å². The molecule has 0 saturated heterocycles. The summed E-state index contributed by atoms with van der Waals surface area (Å²) < 4.78 is 45.7. The van der Waals surface area contributed by atoms with Gasteiger partial charge >= 0.3 is 6.18 Å². The largest absolute Gasteiger partial charge is 0.417 e. The maximum absolute atomic E-state index is 13.5. The molecule has 0 atom stereocenters. The highest BCUT2D eigenvalue weighted by atomic mass is 35.5. The average Bonchev–Trinajstić information content (AvgIpc) is 3.32. The topological polar surface area (TPSA) is 125 Å². The molecule has 9 nitrogen and oxygen atoms in total. The number of benzene rings is 3. The zero-order valence-corrected chi connectivity index (χ0v) is 21.6. The first-order valence-electron chi connectivity index (χ1n) is 11.6. The van der Waals surface area contributed by atoms with E-state index in [4.69, 9.17) is 22.2 Å². The number of anilines is 3. The minimum atomic E-state index is -4.77. The number of hydrogen-bond acceptors (Lipinski definition) is 6. The zero-order valence-electron chi connectivity index (χ0n) is 20.8. The van der Waals surface area contributed by atoms with Crippen molar-refractivity contribution in [2.45, 2.75) is 13.1 Å². The number of carbonyl (C=O) groups is 2. The van der Waals surface area contributed by atoms with Crippen molar-refractivity contribution in [1.29, 1.82) is 0 Å². The summed E-state index contributed by atoms with van der Waals surface area (Å²) in [7, 11) is 1.54. The van der Waals surface area contributed by atoms with Crippen molar-refractivity contribution in [3.8, 4) is 0 Å². The lowest BCUT2D eigenvalue weighted by Crippen LogP contribution is -2.38. The average molecular weight is 561 g/mol. The number of amides is 2. The number of carbonyl (C=O) groups excluding carboxylic acids is 2. The van der Waals surface area contributed by atoms with Gasteiger partial charge in [-0.1, -0.05) is 29.8 Å². The van der Waals surface area contributed by atoms with Gasteiger partial charge in [0.1, 0.15) is 5.52 Å². The first-order valence-corrected chi connectivity index (χ1v) is 12.0. The normalized spacial score (nSPS) is 11.5. The van der Waals surface area contributed by atoms with Crippen LogP contribution in [0.5, 0.6) is 0 Å². The Morgan fingerprint density at radius 1 is 1.13 bits per heavy atom. The van der Waals surface area contributed by atoms with E-state index in [0.717, 1.165) is 12.1 Å². The number of hydrazine groups is 1. The van der Waals surface area contributed by atoms with Gasteiger partial charge in [-0.25, -0.2) is 15.8 Å². The molecule has 0 bridgehead atoms. The number of halogens is 4. The van der Waals surface area contributed by atoms with Gasteiger partial charge in [-0.05, 0) is 48.9 Å². The number of methoxy groups -OCH3 is 1. The molecule has 13 heteroatoms. The molecule has 5 N–H and O–H groups in total. The fraction of sp³-hybridized carbons (Fsp3) is 0.192.